The maximum atomic E-state index is 12.9. The summed E-state index contributed by atoms with van der Waals surface area (Å²) in [6.45, 7) is 4.69. The van der Waals surface area contributed by atoms with Gasteiger partial charge in [-0.2, -0.15) is 0 Å². The summed E-state index contributed by atoms with van der Waals surface area (Å²) in [7, 11) is 0. The van der Waals surface area contributed by atoms with E-state index in [1.54, 1.807) is 0 Å². The van der Waals surface area contributed by atoms with Gasteiger partial charge in [-0.25, -0.2) is 0 Å². The summed E-state index contributed by atoms with van der Waals surface area (Å²) in [5, 5.41) is 0. The summed E-state index contributed by atoms with van der Waals surface area (Å²) < 4.78 is 0. The van der Waals surface area contributed by atoms with Gasteiger partial charge in [0.15, 0.2) is 0 Å². The Labute approximate surface area is 168 Å². The number of Topliss-reactive ketones (excluding diaryl/α,β-unsaturated/α-hetero) is 2. The van der Waals surface area contributed by atoms with Crippen LogP contribution in [0.15, 0.2) is 42.0 Å². The van der Waals surface area contributed by atoms with Crippen molar-refractivity contribution < 1.29 is 9.59 Å². The van der Waals surface area contributed by atoms with E-state index in [0.29, 0.717) is 35.7 Å². The standard InChI is InChI=1S/C26H32O2/c1-25-13-12-22-20(21(25)10-11-24(25)28)9-8-19-15-23(27)18(16-26(19,22)2)14-17-6-4-3-5-7-17/h3-8,18,20-22H,9-16H2,1-2H3. The zero-order chi connectivity index (χ0) is 19.5. The van der Waals surface area contributed by atoms with Gasteiger partial charge in [0, 0.05) is 24.2 Å². The van der Waals surface area contributed by atoms with Gasteiger partial charge in [0.25, 0.3) is 0 Å². The number of hydrogen-bond acceptors (Lipinski definition) is 2. The smallest absolute Gasteiger partial charge is 0.140 e. The quantitative estimate of drug-likeness (QED) is 0.634. The minimum absolute atomic E-state index is 0.0726. The minimum Gasteiger partial charge on any atom is -0.299 e. The topological polar surface area (TPSA) is 34.1 Å². The summed E-state index contributed by atoms with van der Waals surface area (Å²) in [4.78, 5) is 25.6. The Morgan fingerprint density at radius 2 is 1.75 bits per heavy atom. The van der Waals surface area contributed by atoms with Crippen LogP contribution in [0.3, 0.4) is 0 Å². The number of ketones is 2. The molecular weight excluding hydrogens is 344 g/mol. The van der Waals surface area contributed by atoms with E-state index in [1.165, 1.54) is 11.1 Å². The van der Waals surface area contributed by atoms with E-state index in [0.717, 1.165) is 44.9 Å². The predicted octanol–water partition coefficient (Wildman–Crippen LogP) is 5.56. The Morgan fingerprint density at radius 3 is 2.54 bits per heavy atom. The predicted molar refractivity (Wildman–Crippen MR) is 111 cm³/mol. The van der Waals surface area contributed by atoms with Crippen molar-refractivity contribution >= 4 is 11.6 Å². The van der Waals surface area contributed by atoms with Crippen LogP contribution in [0, 0.1) is 34.5 Å². The summed E-state index contributed by atoms with van der Waals surface area (Å²) in [5.41, 5.74) is 2.76. The van der Waals surface area contributed by atoms with Gasteiger partial charge in [-0.3, -0.25) is 9.59 Å². The van der Waals surface area contributed by atoms with E-state index in [4.69, 9.17) is 0 Å². The lowest BCUT2D eigenvalue weighted by atomic mass is 9.47. The molecule has 4 aliphatic carbocycles. The van der Waals surface area contributed by atoms with Crippen LogP contribution in [-0.2, 0) is 16.0 Å². The Bertz CT molecular complexity index is 837. The maximum Gasteiger partial charge on any atom is 0.140 e. The van der Waals surface area contributed by atoms with Crippen molar-refractivity contribution in [2.75, 3.05) is 0 Å². The number of hydrogen-bond donors (Lipinski definition) is 0. The molecule has 6 unspecified atom stereocenters. The van der Waals surface area contributed by atoms with E-state index in [2.05, 4.69) is 44.2 Å². The second-order valence-corrected chi connectivity index (χ2v) is 10.4. The first kappa shape index (κ1) is 18.3. The van der Waals surface area contributed by atoms with Crippen LogP contribution in [0.1, 0.15) is 64.4 Å². The van der Waals surface area contributed by atoms with Gasteiger partial charge < -0.3 is 0 Å². The highest BCUT2D eigenvalue weighted by Gasteiger charge is 2.59. The maximum absolute atomic E-state index is 12.9. The van der Waals surface area contributed by atoms with E-state index in [1.807, 2.05) is 6.07 Å². The highest BCUT2D eigenvalue weighted by molar-refractivity contribution is 5.87. The highest BCUT2D eigenvalue weighted by Crippen LogP contribution is 2.64. The second-order valence-electron chi connectivity index (χ2n) is 10.4. The third-order valence-electron chi connectivity index (χ3n) is 9.15. The summed E-state index contributed by atoms with van der Waals surface area (Å²) in [5.74, 6) is 2.91. The molecule has 2 nitrogen and oxygen atoms in total. The van der Waals surface area contributed by atoms with Gasteiger partial charge in [-0.15, -0.1) is 0 Å². The molecule has 0 aromatic heterocycles. The number of carbonyl (C=O) groups excluding carboxylic acids is 2. The number of benzene rings is 1. The summed E-state index contributed by atoms with van der Waals surface area (Å²) in [6, 6.07) is 10.5. The molecule has 0 aliphatic heterocycles. The first-order valence-electron chi connectivity index (χ1n) is 11.2. The highest BCUT2D eigenvalue weighted by atomic mass is 16.1. The molecule has 0 amide bonds. The average molecular weight is 377 g/mol. The van der Waals surface area contributed by atoms with Crippen molar-refractivity contribution in [2.45, 2.75) is 65.2 Å². The van der Waals surface area contributed by atoms with Gasteiger partial charge in [0.2, 0.25) is 0 Å². The van der Waals surface area contributed by atoms with E-state index in [-0.39, 0.29) is 16.7 Å². The van der Waals surface area contributed by atoms with Crippen LogP contribution in [0.5, 0.6) is 0 Å². The van der Waals surface area contributed by atoms with Crippen molar-refractivity contribution in [3.8, 4) is 0 Å². The molecule has 5 rings (SSSR count). The molecule has 6 atom stereocenters. The first-order valence-corrected chi connectivity index (χ1v) is 11.2. The van der Waals surface area contributed by atoms with Crippen LogP contribution in [0.2, 0.25) is 0 Å². The molecule has 0 bridgehead atoms. The lowest BCUT2D eigenvalue weighted by molar-refractivity contribution is -0.133. The lowest BCUT2D eigenvalue weighted by Crippen LogP contribution is -2.51. The Morgan fingerprint density at radius 1 is 1.00 bits per heavy atom. The fourth-order valence-electron chi connectivity index (χ4n) is 7.53. The van der Waals surface area contributed by atoms with Crippen molar-refractivity contribution in [1.29, 1.82) is 0 Å². The number of allylic oxidation sites excluding steroid dienone is 2. The van der Waals surface area contributed by atoms with Gasteiger partial charge in [0.05, 0.1) is 0 Å². The average Bonchev–Trinajstić information content (AvgIpc) is 2.99. The van der Waals surface area contributed by atoms with Crippen LogP contribution in [0.25, 0.3) is 0 Å². The van der Waals surface area contributed by atoms with E-state index >= 15 is 0 Å². The molecule has 148 valence electrons. The first-order chi connectivity index (χ1) is 13.4. The number of rotatable bonds is 2. The molecule has 0 saturated heterocycles. The molecule has 3 saturated carbocycles. The number of carbonyl (C=O) groups is 2. The van der Waals surface area contributed by atoms with Gasteiger partial charge in [-0.1, -0.05) is 55.8 Å². The van der Waals surface area contributed by atoms with E-state index in [9.17, 15) is 9.59 Å². The normalized spacial score (nSPS) is 42.4. The van der Waals surface area contributed by atoms with Crippen molar-refractivity contribution in [3.63, 3.8) is 0 Å². The Hall–Kier alpha value is -1.70. The third-order valence-corrected chi connectivity index (χ3v) is 9.15. The summed E-state index contributed by atoms with van der Waals surface area (Å²) in [6.07, 6.45) is 10.1. The van der Waals surface area contributed by atoms with Gasteiger partial charge >= 0.3 is 0 Å². The lowest BCUT2D eigenvalue weighted by Gasteiger charge is -2.57. The molecule has 0 spiro atoms. The SMILES string of the molecule is CC12CCC3C(CC=C4CC(=O)C(Cc5ccccc5)CC43C)C1CCC2=O. The summed E-state index contributed by atoms with van der Waals surface area (Å²) >= 11 is 0. The Balaban J connectivity index is 1.44. The zero-order valence-electron chi connectivity index (χ0n) is 17.2. The van der Waals surface area contributed by atoms with Crippen molar-refractivity contribution in [2.24, 2.45) is 34.5 Å². The largest absolute Gasteiger partial charge is 0.299 e. The molecule has 1 aromatic rings. The zero-order valence-corrected chi connectivity index (χ0v) is 17.2. The van der Waals surface area contributed by atoms with Crippen molar-refractivity contribution in [3.05, 3.63) is 47.5 Å². The molecule has 4 aliphatic rings. The molecule has 0 radical (unpaired) electrons. The van der Waals surface area contributed by atoms with Crippen LogP contribution in [-0.4, -0.2) is 11.6 Å². The van der Waals surface area contributed by atoms with Crippen LogP contribution < -0.4 is 0 Å². The van der Waals surface area contributed by atoms with Gasteiger partial charge in [0.1, 0.15) is 11.6 Å². The molecule has 3 fully saturated rings. The molecular formula is C26H32O2. The second kappa shape index (κ2) is 6.40. The minimum atomic E-state index is -0.0726. The molecule has 1 aromatic carbocycles. The third kappa shape index (κ3) is 2.60. The molecule has 2 heteroatoms. The monoisotopic (exact) mass is 376 g/mol. The van der Waals surface area contributed by atoms with Crippen molar-refractivity contribution in [1.82, 2.24) is 0 Å². The fourth-order valence-corrected chi connectivity index (χ4v) is 7.53. The number of fused-ring (bicyclic) bond motifs is 5. The van der Waals surface area contributed by atoms with Gasteiger partial charge in [-0.05, 0) is 67.3 Å². The molecule has 28 heavy (non-hydrogen) atoms. The van der Waals surface area contributed by atoms with Crippen LogP contribution >= 0.6 is 0 Å². The molecule has 0 heterocycles. The Kier molecular flexibility index (Phi) is 4.19. The van der Waals surface area contributed by atoms with Crippen LogP contribution in [0.4, 0.5) is 0 Å². The fraction of sp³-hybridized carbons (Fsp3) is 0.615. The molecule has 0 N–H and O–H groups in total. The van der Waals surface area contributed by atoms with E-state index < -0.39 is 0 Å².